The number of amides is 1. The number of benzene rings is 1. The molecule has 0 radical (unpaired) electrons. The molecule has 0 N–H and O–H groups in total. The number of hydrogen-bond donors (Lipinski definition) is 0. The lowest BCUT2D eigenvalue weighted by molar-refractivity contribution is -0.129. The van der Waals surface area contributed by atoms with Crippen molar-refractivity contribution in [1.82, 2.24) is 24.5 Å². The third-order valence-corrected chi connectivity index (χ3v) is 7.17. The van der Waals surface area contributed by atoms with Crippen LogP contribution in [0.15, 0.2) is 53.8 Å². The average Bonchev–Trinajstić information content (AvgIpc) is 3.36. The molecular formula is C20H19N5OS2. The number of fused-ring (bicyclic) bond motifs is 2. The zero-order valence-corrected chi connectivity index (χ0v) is 16.8. The first kappa shape index (κ1) is 17.6. The fraction of sp³-hybridized carbons (Fsp3) is 0.300. The smallest absolute Gasteiger partial charge is 0.233 e. The molecule has 3 aromatic heterocycles. The topological polar surface area (TPSA) is 63.4 Å². The largest absolute Gasteiger partial charge is 0.341 e. The van der Waals surface area contributed by atoms with Crippen molar-refractivity contribution >= 4 is 44.9 Å². The third kappa shape index (κ3) is 3.38. The van der Waals surface area contributed by atoms with Gasteiger partial charge in [-0.15, -0.1) is 21.5 Å². The van der Waals surface area contributed by atoms with Crippen molar-refractivity contribution in [2.45, 2.75) is 23.9 Å². The number of carbonyl (C=O) groups is 1. The molecule has 142 valence electrons. The average molecular weight is 410 g/mol. The number of likely N-dealkylation sites (tertiary alicyclic amines) is 1. The van der Waals surface area contributed by atoms with Crippen LogP contribution in [0.25, 0.3) is 15.9 Å². The predicted molar refractivity (Wildman–Crippen MR) is 112 cm³/mol. The minimum Gasteiger partial charge on any atom is -0.341 e. The number of rotatable bonds is 4. The van der Waals surface area contributed by atoms with Crippen LogP contribution in [0.1, 0.15) is 23.8 Å². The molecule has 0 saturated carbocycles. The van der Waals surface area contributed by atoms with Crippen LogP contribution in [0.2, 0.25) is 0 Å². The molecule has 5 rings (SSSR count). The van der Waals surface area contributed by atoms with E-state index in [-0.39, 0.29) is 5.91 Å². The van der Waals surface area contributed by atoms with Gasteiger partial charge in [0.1, 0.15) is 0 Å². The van der Waals surface area contributed by atoms with Crippen molar-refractivity contribution in [3.63, 3.8) is 0 Å². The zero-order valence-electron chi connectivity index (χ0n) is 15.2. The van der Waals surface area contributed by atoms with E-state index in [2.05, 4.69) is 22.3 Å². The molecule has 1 aliphatic rings. The first-order chi connectivity index (χ1) is 13.8. The van der Waals surface area contributed by atoms with E-state index in [0.717, 1.165) is 47.3 Å². The zero-order chi connectivity index (χ0) is 18.9. The molecule has 1 aromatic carbocycles. The van der Waals surface area contributed by atoms with E-state index >= 15 is 0 Å². The van der Waals surface area contributed by atoms with Gasteiger partial charge in [-0.25, -0.2) is 4.98 Å². The lowest BCUT2D eigenvalue weighted by Crippen LogP contribution is -2.40. The van der Waals surface area contributed by atoms with Gasteiger partial charge in [0.05, 0.1) is 21.0 Å². The number of hydrogen-bond acceptors (Lipinski definition) is 6. The van der Waals surface area contributed by atoms with Gasteiger partial charge < -0.3 is 4.90 Å². The standard InChI is InChI=1S/C20H19N5OS2/c26-18(13-27-20-23-22-17-9-3-4-11-25(17)20)24-10-5-6-14(12-24)19-21-15-7-1-2-8-16(15)28-19/h1-4,7-9,11,14H,5-6,10,12-13H2/t14-/m0/s1. The van der Waals surface area contributed by atoms with Crippen LogP contribution in [0.5, 0.6) is 0 Å². The highest BCUT2D eigenvalue weighted by atomic mass is 32.2. The van der Waals surface area contributed by atoms with Crippen molar-refractivity contribution < 1.29 is 4.79 Å². The molecule has 1 fully saturated rings. The normalized spacial score (nSPS) is 17.4. The second-order valence-corrected chi connectivity index (χ2v) is 8.90. The summed E-state index contributed by atoms with van der Waals surface area (Å²) >= 11 is 3.20. The van der Waals surface area contributed by atoms with Crippen LogP contribution < -0.4 is 0 Å². The molecule has 4 aromatic rings. The highest BCUT2D eigenvalue weighted by Gasteiger charge is 2.27. The molecule has 6 nitrogen and oxygen atoms in total. The second-order valence-electron chi connectivity index (χ2n) is 6.90. The Morgan fingerprint density at radius 1 is 1.18 bits per heavy atom. The molecule has 4 heterocycles. The summed E-state index contributed by atoms with van der Waals surface area (Å²) < 4.78 is 3.13. The van der Waals surface area contributed by atoms with Crippen LogP contribution in [0, 0.1) is 0 Å². The lowest BCUT2D eigenvalue weighted by Gasteiger charge is -2.31. The van der Waals surface area contributed by atoms with Crippen molar-refractivity contribution in [1.29, 1.82) is 0 Å². The Bertz CT molecular complexity index is 1100. The molecular weight excluding hydrogens is 390 g/mol. The maximum atomic E-state index is 12.8. The summed E-state index contributed by atoms with van der Waals surface area (Å²) in [5.41, 5.74) is 1.85. The highest BCUT2D eigenvalue weighted by Crippen LogP contribution is 2.33. The molecule has 0 aliphatic carbocycles. The second kappa shape index (κ2) is 7.52. The summed E-state index contributed by atoms with van der Waals surface area (Å²) in [7, 11) is 0. The number of nitrogens with zero attached hydrogens (tertiary/aromatic N) is 5. The molecule has 0 unspecified atom stereocenters. The van der Waals surface area contributed by atoms with Crippen LogP contribution >= 0.6 is 23.1 Å². The number of piperidine rings is 1. The van der Waals surface area contributed by atoms with E-state index < -0.39 is 0 Å². The van der Waals surface area contributed by atoms with E-state index in [0.29, 0.717) is 11.7 Å². The molecule has 1 saturated heterocycles. The Morgan fingerprint density at radius 2 is 2.07 bits per heavy atom. The fourth-order valence-electron chi connectivity index (χ4n) is 3.61. The van der Waals surface area contributed by atoms with Gasteiger partial charge in [-0.1, -0.05) is 30.0 Å². The van der Waals surface area contributed by atoms with E-state index in [9.17, 15) is 4.79 Å². The summed E-state index contributed by atoms with van der Waals surface area (Å²) in [5.74, 6) is 0.861. The van der Waals surface area contributed by atoms with Gasteiger partial charge in [0, 0.05) is 25.2 Å². The molecule has 0 spiro atoms. The quantitative estimate of drug-likeness (QED) is 0.479. The number of pyridine rings is 1. The molecule has 8 heteroatoms. The number of thioether (sulfide) groups is 1. The summed E-state index contributed by atoms with van der Waals surface area (Å²) in [6.07, 6.45) is 4.03. The minimum absolute atomic E-state index is 0.156. The number of thiazole rings is 1. The molecule has 0 bridgehead atoms. The molecule has 1 aliphatic heterocycles. The van der Waals surface area contributed by atoms with E-state index in [4.69, 9.17) is 4.98 Å². The SMILES string of the molecule is O=C(CSc1nnc2ccccn12)N1CCC[C@H](c2nc3ccccc3s2)C1. The van der Waals surface area contributed by atoms with Crippen LogP contribution in [-0.2, 0) is 4.79 Å². The monoisotopic (exact) mass is 409 g/mol. The van der Waals surface area contributed by atoms with Crippen LogP contribution in [0.4, 0.5) is 0 Å². The highest BCUT2D eigenvalue weighted by molar-refractivity contribution is 7.99. The van der Waals surface area contributed by atoms with Gasteiger partial charge in [-0.2, -0.15) is 0 Å². The van der Waals surface area contributed by atoms with Crippen LogP contribution in [0.3, 0.4) is 0 Å². The fourth-order valence-corrected chi connectivity index (χ4v) is 5.53. The van der Waals surface area contributed by atoms with Gasteiger partial charge in [-0.05, 0) is 37.1 Å². The van der Waals surface area contributed by atoms with Gasteiger partial charge in [0.2, 0.25) is 5.91 Å². The van der Waals surface area contributed by atoms with Crippen molar-refractivity contribution in [2.24, 2.45) is 0 Å². The number of aromatic nitrogens is 4. The van der Waals surface area contributed by atoms with Gasteiger partial charge in [-0.3, -0.25) is 9.20 Å². The van der Waals surface area contributed by atoms with Gasteiger partial charge >= 0.3 is 0 Å². The van der Waals surface area contributed by atoms with Crippen LogP contribution in [-0.4, -0.2) is 49.2 Å². The number of carbonyl (C=O) groups excluding carboxylic acids is 1. The van der Waals surface area contributed by atoms with Crippen molar-refractivity contribution in [3.8, 4) is 0 Å². The molecule has 1 amide bonds. The van der Waals surface area contributed by atoms with E-state index in [1.54, 1.807) is 11.3 Å². The summed E-state index contributed by atoms with van der Waals surface area (Å²) in [5, 5.41) is 10.2. The first-order valence-electron chi connectivity index (χ1n) is 9.34. The first-order valence-corrected chi connectivity index (χ1v) is 11.1. The summed E-state index contributed by atoms with van der Waals surface area (Å²) in [4.78, 5) is 19.6. The molecule has 1 atom stereocenters. The Kier molecular flexibility index (Phi) is 4.74. The summed E-state index contributed by atoms with van der Waals surface area (Å²) in [6.45, 7) is 1.57. The van der Waals surface area contributed by atoms with Gasteiger partial charge in [0.15, 0.2) is 10.8 Å². The maximum absolute atomic E-state index is 12.8. The maximum Gasteiger partial charge on any atom is 0.233 e. The number of para-hydroxylation sites is 1. The Morgan fingerprint density at radius 3 is 3.00 bits per heavy atom. The third-order valence-electron chi connectivity index (χ3n) is 5.04. The predicted octanol–water partition coefficient (Wildman–Crippen LogP) is 3.84. The molecule has 28 heavy (non-hydrogen) atoms. The van der Waals surface area contributed by atoms with E-state index in [1.807, 2.05) is 45.8 Å². The minimum atomic E-state index is 0.156. The van der Waals surface area contributed by atoms with Crippen molar-refractivity contribution in [3.05, 3.63) is 53.7 Å². The van der Waals surface area contributed by atoms with Crippen molar-refractivity contribution in [2.75, 3.05) is 18.8 Å². The Labute approximate surface area is 170 Å². The Hall–Kier alpha value is -2.45. The Balaban J connectivity index is 1.26. The summed E-state index contributed by atoms with van der Waals surface area (Å²) in [6, 6.07) is 14.0. The van der Waals surface area contributed by atoms with Gasteiger partial charge in [0.25, 0.3) is 0 Å². The lowest BCUT2D eigenvalue weighted by atomic mass is 9.99. The van der Waals surface area contributed by atoms with E-state index in [1.165, 1.54) is 16.5 Å².